The fourth-order valence-corrected chi connectivity index (χ4v) is 3.77. The Bertz CT molecular complexity index is 948. The second-order valence-corrected chi connectivity index (χ2v) is 7.54. The summed E-state index contributed by atoms with van der Waals surface area (Å²) >= 11 is 0. The molecule has 2 aromatic carbocycles. The lowest BCUT2D eigenvalue weighted by Gasteiger charge is -2.18. The Morgan fingerprint density at radius 2 is 1.64 bits per heavy atom. The Morgan fingerprint density at radius 1 is 0.939 bits per heavy atom. The second-order valence-electron chi connectivity index (χ2n) is 7.54. The molecule has 2 aromatic rings. The van der Waals surface area contributed by atoms with Gasteiger partial charge in [0.15, 0.2) is 12.7 Å². The van der Waals surface area contributed by atoms with Gasteiger partial charge in [0, 0.05) is 18.2 Å². The van der Waals surface area contributed by atoms with Crippen molar-refractivity contribution in [2.24, 2.45) is 0 Å². The zero-order valence-electron chi connectivity index (χ0n) is 18.3. The van der Waals surface area contributed by atoms with E-state index < -0.39 is 24.4 Å². The third kappa shape index (κ3) is 5.65. The summed E-state index contributed by atoms with van der Waals surface area (Å²) < 4.78 is 32.9. The molecule has 176 valence electrons. The summed E-state index contributed by atoms with van der Waals surface area (Å²) in [6.07, 6.45) is -2.16. The van der Waals surface area contributed by atoms with Crippen molar-refractivity contribution in [3.05, 3.63) is 48.5 Å². The summed E-state index contributed by atoms with van der Waals surface area (Å²) in [6.45, 7) is 0.294. The van der Waals surface area contributed by atoms with E-state index in [4.69, 9.17) is 28.4 Å². The van der Waals surface area contributed by atoms with Gasteiger partial charge in [-0.1, -0.05) is 18.2 Å². The van der Waals surface area contributed by atoms with Crippen molar-refractivity contribution < 1.29 is 38.0 Å². The van der Waals surface area contributed by atoms with Gasteiger partial charge in [-0.25, -0.2) is 4.79 Å². The Labute approximate surface area is 191 Å². The van der Waals surface area contributed by atoms with E-state index in [1.54, 1.807) is 30.3 Å². The number of amides is 2. The smallest absolute Gasteiger partial charge is 0.412 e. The standard InChI is InChI=1S/C23H26N2O8/c1-28-16-8-14(9-17(10-16)29-2)24-23(27)33-19-12-32-21-18(11-31-22(19)21)25-20(26)13-30-15-6-4-3-5-7-15/h3-10,18-19,21-22H,11-13H2,1-2H3,(H,24,27)(H,25,26)/t18-,19-,21-,22+/m0/s1. The number of rotatable bonds is 8. The highest BCUT2D eigenvalue weighted by Crippen LogP contribution is 2.30. The number of anilines is 1. The monoisotopic (exact) mass is 458 g/mol. The first kappa shape index (κ1) is 22.7. The molecule has 4 atom stereocenters. The first-order valence-corrected chi connectivity index (χ1v) is 10.5. The fraction of sp³-hybridized carbons (Fsp3) is 0.391. The minimum Gasteiger partial charge on any atom is -0.497 e. The zero-order chi connectivity index (χ0) is 23.2. The molecule has 2 heterocycles. The quantitative estimate of drug-likeness (QED) is 0.618. The molecule has 10 nitrogen and oxygen atoms in total. The van der Waals surface area contributed by atoms with Gasteiger partial charge >= 0.3 is 6.09 Å². The highest BCUT2D eigenvalue weighted by Gasteiger charge is 2.50. The van der Waals surface area contributed by atoms with E-state index in [9.17, 15) is 9.59 Å². The fourth-order valence-electron chi connectivity index (χ4n) is 3.77. The number of benzene rings is 2. The van der Waals surface area contributed by atoms with Crippen molar-refractivity contribution >= 4 is 17.7 Å². The number of nitrogens with one attached hydrogen (secondary N) is 2. The highest BCUT2D eigenvalue weighted by molar-refractivity contribution is 5.85. The predicted molar refractivity (Wildman–Crippen MR) is 117 cm³/mol. The molecule has 2 fully saturated rings. The number of para-hydroxylation sites is 1. The van der Waals surface area contributed by atoms with Gasteiger partial charge in [0.05, 0.1) is 39.2 Å². The van der Waals surface area contributed by atoms with E-state index >= 15 is 0 Å². The minimum absolute atomic E-state index is 0.121. The number of carbonyl (C=O) groups excluding carboxylic acids is 2. The molecule has 2 aliphatic heterocycles. The lowest BCUT2D eigenvalue weighted by molar-refractivity contribution is -0.124. The van der Waals surface area contributed by atoms with Crippen molar-refractivity contribution in [2.75, 3.05) is 39.4 Å². The SMILES string of the molecule is COc1cc(NC(=O)O[C@H]2CO[C@@H]3[C@@H]2OC[C@@H]3NC(=O)COc2ccccc2)cc(OC)c1. The van der Waals surface area contributed by atoms with Crippen LogP contribution in [0.5, 0.6) is 17.2 Å². The van der Waals surface area contributed by atoms with Crippen LogP contribution in [0.25, 0.3) is 0 Å². The minimum atomic E-state index is -0.660. The Hall–Kier alpha value is -3.50. The number of ether oxygens (including phenoxy) is 6. The molecule has 2 aliphatic rings. The van der Waals surface area contributed by atoms with Crippen LogP contribution in [0.1, 0.15) is 0 Å². The molecule has 4 rings (SSSR count). The van der Waals surface area contributed by atoms with E-state index in [-0.39, 0.29) is 31.8 Å². The molecule has 0 unspecified atom stereocenters. The number of hydrogen-bond donors (Lipinski definition) is 2. The molecule has 2 N–H and O–H groups in total. The number of methoxy groups -OCH3 is 2. The van der Waals surface area contributed by atoms with Crippen LogP contribution in [-0.2, 0) is 19.0 Å². The number of fused-ring (bicyclic) bond motifs is 1. The van der Waals surface area contributed by atoms with Gasteiger partial charge < -0.3 is 33.7 Å². The topological polar surface area (TPSA) is 114 Å². The van der Waals surface area contributed by atoms with Gasteiger partial charge in [0.1, 0.15) is 29.5 Å². The molecule has 33 heavy (non-hydrogen) atoms. The summed E-state index contributed by atoms with van der Waals surface area (Å²) in [5, 5.41) is 5.52. The van der Waals surface area contributed by atoms with Gasteiger partial charge in [0.2, 0.25) is 0 Å². The molecule has 10 heteroatoms. The van der Waals surface area contributed by atoms with Gasteiger partial charge in [-0.15, -0.1) is 0 Å². The lowest BCUT2D eigenvalue weighted by atomic mass is 10.1. The average molecular weight is 458 g/mol. The number of carbonyl (C=O) groups is 2. The van der Waals surface area contributed by atoms with Crippen molar-refractivity contribution in [1.29, 1.82) is 0 Å². The van der Waals surface area contributed by atoms with Crippen LogP contribution in [0.2, 0.25) is 0 Å². The van der Waals surface area contributed by atoms with E-state index in [0.717, 1.165) is 0 Å². The zero-order valence-corrected chi connectivity index (χ0v) is 18.3. The van der Waals surface area contributed by atoms with Gasteiger partial charge in [-0.05, 0) is 12.1 Å². The largest absolute Gasteiger partial charge is 0.497 e. The summed E-state index contributed by atoms with van der Waals surface area (Å²) in [7, 11) is 3.04. The van der Waals surface area contributed by atoms with E-state index in [1.165, 1.54) is 14.2 Å². The maximum atomic E-state index is 12.4. The van der Waals surface area contributed by atoms with Gasteiger partial charge in [-0.3, -0.25) is 10.1 Å². The number of hydrogen-bond acceptors (Lipinski definition) is 8. The normalized spacial score (nSPS) is 23.3. The second kappa shape index (κ2) is 10.4. The summed E-state index contributed by atoms with van der Waals surface area (Å²) in [4.78, 5) is 24.7. The van der Waals surface area contributed by atoms with E-state index in [2.05, 4.69) is 10.6 Å². The van der Waals surface area contributed by atoms with E-state index in [0.29, 0.717) is 22.9 Å². The Kier molecular flexibility index (Phi) is 7.16. The van der Waals surface area contributed by atoms with Crippen LogP contribution in [-0.4, -0.2) is 70.4 Å². The van der Waals surface area contributed by atoms with Crippen LogP contribution in [0, 0.1) is 0 Å². The predicted octanol–water partition coefficient (Wildman–Crippen LogP) is 1.98. The Morgan fingerprint density at radius 3 is 2.33 bits per heavy atom. The van der Waals surface area contributed by atoms with Crippen LogP contribution < -0.4 is 24.8 Å². The summed E-state index contributed by atoms with van der Waals surface area (Å²) in [5.41, 5.74) is 0.461. The average Bonchev–Trinajstić information content (AvgIpc) is 3.41. The molecule has 2 saturated heterocycles. The van der Waals surface area contributed by atoms with Crippen LogP contribution in [0.3, 0.4) is 0 Å². The Balaban J connectivity index is 1.26. The first-order valence-electron chi connectivity index (χ1n) is 10.5. The molecule has 0 saturated carbocycles. The molecular formula is C23H26N2O8. The summed E-state index contributed by atoms with van der Waals surface area (Å²) in [5.74, 6) is 1.38. The van der Waals surface area contributed by atoms with Crippen molar-refractivity contribution in [3.63, 3.8) is 0 Å². The first-order chi connectivity index (χ1) is 16.1. The van der Waals surface area contributed by atoms with Crippen molar-refractivity contribution in [2.45, 2.75) is 24.4 Å². The molecule has 0 radical (unpaired) electrons. The van der Waals surface area contributed by atoms with E-state index in [1.807, 2.05) is 18.2 Å². The third-order valence-corrected chi connectivity index (χ3v) is 5.32. The molecule has 0 spiro atoms. The van der Waals surface area contributed by atoms with Gasteiger partial charge in [0.25, 0.3) is 5.91 Å². The maximum absolute atomic E-state index is 12.4. The maximum Gasteiger partial charge on any atom is 0.412 e. The summed E-state index contributed by atoms with van der Waals surface area (Å²) in [6, 6.07) is 13.7. The molecule has 0 aromatic heterocycles. The third-order valence-electron chi connectivity index (χ3n) is 5.32. The van der Waals surface area contributed by atoms with Crippen molar-refractivity contribution in [1.82, 2.24) is 5.32 Å². The lowest BCUT2D eigenvalue weighted by Crippen LogP contribution is -2.46. The van der Waals surface area contributed by atoms with Crippen LogP contribution in [0.4, 0.5) is 10.5 Å². The van der Waals surface area contributed by atoms with Crippen LogP contribution in [0.15, 0.2) is 48.5 Å². The molecule has 2 amide bonds. The highest BCUT2D eigenvalue weighted by atomic mass is 16.6. The van der Waals surface area contributed by atoms with Crippen molar-refractivity contribution in [3.8, 4) is 17.2 Å². The van der Waals surface area contributed by atoms with Crippen LogP contribution >= 0.6 is 0 Å². The molecule has 0 bridgehead atoms. The molecular weight excluding hydrogens is 432 g/mol. The van der Waals surface area contributed by atoms with Gasteiger partial charge in [-0.2, -0.15) is 0 Å². The molecule has 0 aliphatic carbocycles.